The van der Waals surface area contributed by atoms with E-state index in [-0.39, 0.29) is 18.3 Å². The number of carboxylic acid groups (broad SMARTS) is 1. The van der Waals surface area contributed by atoms with Crippen LogP contribution in [0, 0.1) is 6.92 Å². The summed E-state index contributed by atoms with van der Waals surface area (Å²) in [6, 6.07) is 17.4. The maximum Gasteiger partial charge on any atom is 0.371 e. The minimum absolute atomic E-state index is 0.0955. The van der Waals surface area contributed by atoms with Crippen LogP contribution in [0.25, 0.3) is 0 Å². The van der Waals surface area contributed by atoms with Gasteiger partial charge in [0.1, 0.15) is 18.1 Å². The van der Waals surface area contributed by atoms with Gasteiger partial charge in [0.2, 0.25) is 5.76 Å². The summed E-state index contributed by atoms with van der Waals surface area (Å²) in [6.45, 7) is 1.76. The van der Waals surface area contributed by atoms with Crippen molar-refractivity contribution in [3.63, 3.8) is 0 Å². The minimum atomic E-state index is -1.14. The number of hydrogen-bond acceptors (Lipinski definition) is 4. The fraction of sp³-hybridized carbons (Fsp3) is 0.100. The average molecular weight is 351 g/mol. The van der Waals surface area contributed by atoms with Gasteiger partial charge < -0.3 is 19.6 Å². The molecular formula is C20H17NO5. The zero-order valence-corrected chi connectivity index (χ0v) is 14.1. The van der Waals surface area contributed by atoms with Crippen molar-refractivity contribution in [3.8, 4) is 5.75 Å². The summed E-state index contributed by atoms with van der Waals surface area (Å²) in [7, 11) is 0. The van der Waals surface area contributed by atoms with Gasteiger partial charge in [0.25, 0.3) is 5.91 Å². The topological polar surface area (TPSA) is 88.8 Å². The number of nitrogens with one attached hydrogen (secondary N) is 1. The number of para-hydroxylation sites is 2. The Morgan fingerprint density at radius 2 is 1.77 bits per heavy atom. The van der Waals surface area contributed by atoms with Crippen LogP contribution >= 0.6 is 0 Å². The van der Waals surface area contributed by atoms with Crippen molar-refractivity contribution < 1.29 is 23.8 Å². The van der Waals surface area contributed by atoms with Crippen LogP contribution in [0.4, 0.5) is 5.69 Å². The van der Waals surface area contributed by atoms with E-state index in [0.29, 0.717) is 28.3 Å². The van der Waals surface area contributed by atoms with Crippen LogP contribution in [0.5, 0.6) is 5.75 Å². The molecule has 0 saturated carbocycles. The molecule has 0 aliphatic heterocycles. The van der Waals surface area contributed by atoms with E-state index in [2.05, 4.69) is 5.32 Å². The average Bonchev–Trinajstić information content (AvgIpc) is 3.02. The van der Waals surface area contributed by atoms with Crippen molar-refractivity contribution in [1.82, 2.24) is 0 Å². The van der Waals surface area contributed by atoms with E-state index in [1.54, 1.807) is 43.3 Å². The van der Waals surface area contributed by atoms with Crippen LogP contribution in [-0.2, 0) is 6.61 Å². The van der Waals surface area contributed by atoms with Crippen LogP contribution in [0.3, 0.4) is 0 Å². The maximum absolute atomic E-state index is 12.5. The fourth-order valence-corrected chi connectivity index (χ4v) is 2.42. The molecule has 0 aliphatic rings. The van der Waals surface area contributed by atoms with Gasteiger partial charge in [-0.05, 0) is 37.3 Å². The van der Waals surface area contributed by atoms with Gasteiger partial charge in [-0.3, -0.25) is 4.79 Å². The Bertz CT molecular complexity index is 930. The normalized spacial score (nSPS) is 10.3. The Kier molecular flexibility index (Phi) is 5.03. The molecule has 0 spiro atoms. The van der Waals surface area contributed by atoms with E-state index >= 15 is 0 Å². The summed E-state index contributed by atoms with van der Waals surface area (Å²) in [5, 5.41) is 11.8. The summed E-state index contributed by atoms with van der Waals surface area (Å²) in [6.07, 6.45) is 0. The molecule has 0 aliphatic carbocycles. The quantitative estimate of drug-likeness (QED) is 0.697. The molecule has 0 atom stereocenters. The number of amides is 1. The molecule has 2 aromatic carbocycles. The Hall–Kier alpha value is -3.54. The molecule has 1 heterocycles. The van der Waals surface area contributed by atoms with Crippen LogP contribution < -0.4 is 10.1 Å². The van der Waals surface area contributed by atoms with Crippen molar-refractivity contribution in [1.29, 1.82) is 0 Å². The monoisotopic (exact) mass is 351 g/mol. The van der Waals surface area contributed by atoms with Crippen molar-refractivity contribution in [2.45, 2.75) is 13.5 Å². The third-order valence-electron chi connectivity index (χ3n) is 3.78. The molecular weight excluding hydrogens is 334 g/mol. The summed E-state index contributed by atoms with van der Waals surface area (Å²) in [5.41, 5.74) is 1.68. The number of rotatable bonds is 6. The number of anilines is 1. The van der Waals surface area contributed by atoms with Crippen LogP contribution in [0.2, 0.25) is 0 Å². The molecule has 1 aromatic heterocycles. The van der Waals surface area contributed by atoms with Gasteiger partial charge in [-0.2, -0.15) is 0 Å². The molecule has 1 amide bonds. The second-order valence-corrected chi connectivity index (χ2v) is 5.60. The first-order chi connectivity index (χ1) is 12.5. The number of carboxylic acids is 1. The van der Waals surface area contributed by atoms with E-state index in [0.717, 1.165) is 0 Å². The van der Waals surface area contributed by atoms with Crippen LogP contribution in [0.1, 0.15) is 32.2 Å². The minimum Gasteiger partial charge on any atom is -0.488 e. The number of ether oxygens (including phenoxy) is 1. The maximum atomic E-state index is 12.5. The van der Waals surface area contributed by atoms with Crippen molar-refractivity contribution in [3.05, 3.63) is 83.3 Å². The molecule has 3 aromatic rings. The lowest BCUT2D eigenvalue weighted by Crippen LogP contribution is -2.13. The van der Waals surface area contributed by atoms with E-state index < -0.39 is 5.97 Å². The third kappa shape index (κ3) is 3.92. The summed E-state index contributed by atoms with van der Waals surface area (Å²) >= 11 is 0. The molecule has 6 nitrogen and oxygen atoms in total. The Balaban J connectivity index is 1.75. The van der Waals surface area contributed by atoms with Crippen LogP contribution in [0.15, 0.2) is 65.1 Å². The molecule has 132 valence electrons. The summed E-state index contributed by atoms with van der Waals surface area (Å²) < 4.78 is 10.9. The second kappa shape index (κ2) is 7.57. The van der Waals surface area contributed by atoms with Crippen LogP contribution in [-0.4, -0.2) is 17.0 Å². The van der Waals surface area contributed by atoms with Gasteiger partial charge >= 0.3 is 5.97 Å². The van der Waals surface area contributed by atoms with Gasteiger partial charge in [0.05, 0.1) is 5.56 Å². The lowest BCUT2D eigenvalue weighted by Gasteiger charge is -2.11. The first-order valence-corrected chi connectivity index (χ1v) is 7.95. The molecule has 2 N–H and O–H groups in total. The van der Waals surface area contributed by atoms with Gasteiger partial charge in [-0.1, -0.05) is 30.3 Å². The molecule has 6 heteroatoms. The highest BCUT2D eigenvalue weighted by Gasteiger charge is 2.16. The molecule has 3 rings (SSSR count). The van der Waals surface area contributed by atoms with Crippen molar-refractivity contribution in [2.24, 2.45) is 0 Å². The highest BCUT2D eigenvalue weighted by atomic mass is 16.5. The summed E-state index contributed by atoms with van der Waals surface area (Å²) in [4.78, 5) is 23.5. The lowest BCUT2D eigenvalue weighted by molar-refractivity contribution is 0.0660. The smallest absolute Gasteiger partial charge is 0.371 e. The molecule has 0 radical (unpaired) electrons. The van der Waals surface area contributed by atoms with Crippen molar-refractivity contribution >= 4 is 17.6 Å². The number of aromatic carboxylic acids is 1. The highest BCUT2D eigenvalue weighted by molar-refractivity contribution is 6.06. The molecule has 0 saturated heterocycles. The second-order valence-electron chi connectivity index (χ2n) is 5.60. The van der Waals surface area contributed by atoms with Crippen molar-refractivity contribution in [2.75, 3.05) is 5.32 Å². The number of furan rings is 1. The largest absolute Gasteiger partial charge is 0.488 e. The first kappa shape index (κ1) is 17.3. The molecule has 0 fully saturated rings. The van der Waals surface area contributed by atoms with E-state index in [1.807, 2.05) is 18.2 Å². The Morgan fingerprint density at radius 3 is 2.46 bits per heavy atom. The zero-order valence-electron chi connectivity index (χ0n) is 14.1. The van der Waals surface area contributed by atoms with Gasteiger partial charge in [-0.25, -0.2) is 4.79 Å². The SMILES string of the molecule is Cc1oc(C(=O)O)cc1COc1ccccc1C(=O)Nc1ccccc1. The fourth-order valence-electron chi connectivity index (χ4n) is 2.42. The van der Waals surface area contributed by atoms with Gasteiger partial charge in [0.15, 0.2) is 0 Å². The number of aryl methyl sites for hydroxylation is 1. The van der Waals surface area contributed by atoms with E-state index in [9.17, 15) is 9.59 Å². The first-order valence-electron chi connectivity index (χ1n) is 7.95. The number of carbonyl (C=O) groups is 2. The third-order valence-corrected chi connectivity index (χ3v) is 3.78. The Labute approximate surface area is 150 Å². The summed E-state index contributed by atoms with van der Waals surface area (Å²) in [5.74, 6) is -0.702. The van der Waals surface area contributed by atoms with E-state index in [4.69, 9.17) is 14.3 Å². The van der Waals surface area contributed by atoms with E-state index in [1.165, 1.54) is 6.07 Å². The lowest BCUT2D eigenvalue weighted by atomic mass is 10.1. The zero-order chi connectivity index (χ0) is 18.5. The number of hydrogen-bond donors (Lipinski definition) is 2. The Morgan fingerprint density at radius 1 is 1.08 bits per heavy atom. The number of carbonyl (C=O) groups excluding carboxylic acids is 1. The standard InChI is InChI=1S/C20H17NO5/c1-13-14(11-18(26-13)20(23)24)12-25-17-10-6-5-9-16(17)19(22)21-15-7-3-2-4-8-15/h2-11H,12H2,1H3,(H,21,22)(H,23,24). The molecule has 0 unspecified atom stereocenters. The molecule has 0 bridgehead atoms. The predicted octanol–water partition coefficient (Wildman–Crippen LogP) is 4.12. The molecule has 26 heavy (non-hydrogen) atoms. The predicted molar refractivity (Wildman–Crippen MR) is 95.6 cm³/mol. The van der Waals surface area contributed by atoms with Gasteiger partial charge in [0, 0.05) is 11.3 Å². The number of benzene rings is 2. The highest BCUT2D eigenvalue weighted by Crippen LogP contribution is 2.23. The van der Waals surface area contributed by atoms with Gasteiger partial charge in [-0.15, -0.1) is 0 Å².